The van der Waals surface area contributed by atoms with Crippen molar-refractivity contribution in [1.29, 1.82) is 0 Å². The molecule has 1 amide bonds. The second kappa shape index (κ2) is 6.24. The maximum atomic E-state index is 12.3. The molecule has 1 aromatic rings. The van der Waals surface area contributed by atoms with Crippen molar-refractivity contribution in [1.82, 2.24) is 4.90 Å². The molecule has 1 aromatic carbocycles. The predicted octanol–water partition coefficient (Wildman–Crippen LogP) is 2.11. The Morgan fingerprint density at radius 2 is 2.14 bits per heavy atom. The molecule has 5 heteroatoms. The van der Waals surface area contributed by atoms with Crippen LogP contribution in [0.4, 0.5) is 11.4 Å². The standard InChI is InChI=1S/C16H25N3O2/c1-11(2)21-14-9-5-7-12(15(14)17)19-10-6-8-13(19)16(20)18(3)4/h5,7,9,11,13H,6,8,10,17H2,1-4H3. The van der Waals surface area contributed by atoms with Gasteiger partial charge in [0.15, 0.2) is 0 Å². The highest BCUT2D eigenvalue weighted by molar-refractivity contribution is 5.88. The number of rotatable bonds is 4. The average Bonchev–Trinajstić information content (AvgIpc) is 2.88. The molecule has 0 aliphatic carbocycles. The summed E-state index contributed by atoms with van der Waals surface area (Å²) in [5.74, 6) is 0.813. The van der Waals surface area contributed by atoms with Crippen LogP contribution in [0, 0.1) is 0 Å². The van der Waals surface area contributed by atoms with Gasteiger partial charge >= 0.3 is 0 Å². The van der Waals surface area contributed by atoms with E-state index in [2.05, 4.69) is 4.90 Å². The van der Waals surface area contributed by atoms with Gasteiger partial charge in [0.1, 0.15) is 11.8 Å². The monoisotopic (exact) mass is 291 g/mol. The first-order valence-electron chi connectivity index (χ1n) is 7.44. The third kappa shape index (κ3) is 3.23. The fourth-order valence-corrected chi connectivity index (χ4v) is 2.75. The molecule has 1 aliphatic heterocycles. The quantitative estimate of drug-likeness (QED) is 0.863. The van der Waals surface area contributed by atoms with Crippen molar-refractivity contribution in [2.45, 2.75) is 38.8 Å². The molecule has 0 aromatic heterocycles. The van der Waals surface area contributed by atoms with E-state index in [1.807, 2.05) is 32.0 Å². The first kappa shape index (κ1) is 15.5. The highest BCUT2D eigenvalue weighted by Crippen LogP contribution is 2.36. The topological polar surface area (TPSA) is 58.8 Å². The second-order valence-corrected chi connectivity index (χ2v) is 5.94. The van der Waals surface area contributed by atoms with E-state index < -0.39 is 0 Å². The molecule has 1 fully saturated rings. The first-order chi connectivity index (χ1) is 9.91. The lowest BCUT2D eigenvalue weighted by Crippen LogP contribution is -2.43. The van der Waals surface area contributed by atoms with Gasteiger partial charge in [-0.25, -0.2) is 0 Å². The van der Waals surface area contributed by atoms with Crippen LogP contribution in [0.5, 0.6) is 5.75 Å². The highest BCUT2D eigenvalue weighted by atomic mass is 16.5. The molecule has 0 bridgehead atoms. The molecule has 5 nitrogen and oxygen atoms in total. The highest BCUT2D eigenvalue weighted by Gasteiger charge is 2.33. The minimum Gasteiger partial charge on any atom is -0.489 e. The zero-order valence-electron chi connectivity index (χ0n) is 13.3. The van der Waals surface area contributed by atoms with E-state index in [-0.39, 0.29) is 18.1 Å². The van der Waals surface area contributed by atoms with Crippen LogP contribution in [0.3, 0.4) is 0 Å². The summed E-state index contributed by atoms with van der Waals surface area (Å²) in [4.78, 5) is 16.1. The zero-order chi connectivity index (χ0) is 15.6. The molecule has 1 aliphatic rings. The number of para-hydroxylation sites is 1. The Morgan fingerprint density at radius 1 is 1.43 bits per heavy atom. The van der Waals surface area contributed by atoms with Crippen LogP contribution in [-0.4, -0.2) is 43.6 Å². The van der Waals surface area contributed by atoms with Crippen LogP contribution >= 0.6 is 0 Å². The number of nitrogens with two attached hydrogens (primary N) is 1. The van der Waals surface area contributed by atoms with Crippen LogP contribution in [0.25, 0.3) is 0 Å². The number of anilines is 2. The first-order valence-corrected chi connectivity index (χ1v) is 7.44. The van der Waals surface area contributed by atoms with E-state index in [4.69, 9.17) is 10.5 Å². The Bertz CT molecular complexity index is 514. The third-order valence-electron chi connectivity index (χ3n) is 3.69. The summed E-state index contributed by atoms with van der Waals surface area (Å²) in [6, 6.07) is 5.64. The third-order valence-corrected chi connectivity index (χ3v) is 3.69. The fourth-order valence-electron chi connectivity index (χ4n) is 2.75. The molecule has 1 atom stereocenters. The normalized spacial score (nSPS) is 18.1. The zero-order valence-corrected chi connectivity index (χ0v) is 13.3. The van der Waals surface area contributed by atoms with Gasteiger partial charge in [-0.2, -0.15) is 0 Å². The van der Waals surface area contributed by atoms with Crippen molar-refractivity contribution in [3.05, 3.63) is 18.2 Å². The number of nitrogen functional groups attached to an aromatic ring is 1. The van der Waals surface area contributed by atoms with E-state index in [9.17, 15) is 4.79 Å². The number of amides is 1. The van der Waals surface area contributed by atoms with Gasteiger partial charge in [0.25, 0.3) is 0 Å². The molecule has 2 rings (SSSR count). The Balaban J connectivity index is 2.30. The predicted molar refractivity (Wildman–Crippen MR) is 85.7 cm³/mol. The van der Waals surface area contributed by atoms with Gasteiger partial charge in [0.2, 0.25) is 5.91 Å². The van der Waals surface area contributed by atoms with Crippen molar-refractivity contribution >= 4 is 17.3 Å². The van der Waals surface area contributed by atoms with Gasteiger partial charge in [0.05, 0.1) is 17.5 Å². The number of hydrogen-bond acceptors (Lipinski definition) is 4. The average molecular weight is 291 g/mol. The van der Waals surface area contributed by atoms with Crippen molar-refractivity contribution in [3.63, 3.8) is 0 Å². The molecule has 0 spiro atoms. The van der Waals surface area contributed by atoms with Gasteiger partial charge in [-0.15, -0.1) is 0 Å². The Kier molecular flexibility index (Phi) is 4.60. The van der Waals surface area contributed by atoms with Crippen LogP contribution in [0.1, 0.15) is 26.7 Å². The van der Waals surface area contributed by atoms with Crippen LogP contribution in [0.2, 0.25) is 0 Å². The smallest absolute Gasteiger partial charge is 0.244 e. The minimum atomic E-state index is -0.128. The summed E-state index contributed by atoms with van der Waals surface area (Å²) in [5.41, 5.74) is 7.77. The number of benzene rings is 1. The molecule has 0 radical (unpaired) electrons. The number of likely N-dealkylation sites (N-methyl/N-ethyl adjacent to an activating group) is 1. The summed E-state index contributed by atoms with van der Waals surface area (Å²) >= 11 is 0. The van der Waals surface area contributed by atoms with E-state index in [0.29, 0.717) is 11.4 Å². The van der Waals surface area contributed by atoms with E-state index >= 15 is 0 Å². The summed E-state index contributed by atoms with van der Waals surface area (Å²) in [6.45, 7) is 4.79. The summed E-state index contributed by atoms with van der Waals surface area (Å²) in [7, 11) is 3.58. The lowest BCUT2D eigenvalue weighted by molar-refractivity contribution is -0.129. The Labute approximate surface area is 126 Å². The van der Waals surface area contributed by atoms with Gasteiger partial charge < -0.3 is 20.3 Å². The molecule has 1 unspecified atom stereocenters. The lowest BCUT2D eigenvalue weighted by Gasteiger charge is -2.29. The lowest BCUT2D eigenvalue weighted by atomic mass is 10.1. The van der Waals surface area contributed by atoms with Crippen LogP contribution in [-0.2, 0) is 4.79 Å². The van der Waals surface area contributed by atoms with Gasteiger partial charge in [-0.05, 0) is 38.8 Å². The summed E-state index contributed by atoms with van der Waals surface area (Å²) < 4.78 is 5.74. The molecular formula is C16H25N3O2. The van der Waals surface area contributed by atoms with E-state index in [0.717, 1.165) is 25.1 Å². The number of hydrogen-bond donors (Lipinski definition) is 1. The van der Waals surface area contributed by atoms with E-state index in [1.165, 1.54) is 0 Å². The summed E-state index contributed by atoms with van der Waals surface area (Å²) in [6.07, 6.45) is 1.94. The number of carbonyl (C=O) groups excluding carboxylic acids is 1. The van der Waals surface area contributed by atoms with Crippen molar-refractivity contribution in [2.24, 2.45) is 0 Å². The maximum absolute atomic E-state index is 12.3. The van der Waals surface area contributed by atoms with Crippen LogP contribution < -0.4 is 15.4 Å². The minimum absolute atomic E-state index is 0.0698. The maximum Gasteiger partial charge on any atom is 0.244 e. The van der Waals surface area contributed by atoms with Crippen molar-refractivity contribution < 1.29 is 9.53 Å². The molecule has 2 N–H and O–H groups in total. The van der Waals surface area contributed by atoms with Crippen molar-refractivity contribution in [3.8, 4) is 5.75 Å². The molecule has 21 heavy (non-hydrogen) atoms. The van der Waals surface area contributed by atoms with Crippen LogP contribution in [0.15, 0.2) is 18.2 Å². The SMILES string of the molecule is CC(C)Oc1cccc(N2CCCC2C(=O)N(C)C)c1N. The number of nitrogens with zero attached hydrogens (tertiary/aromatic N) is 2. The molecule has 1 heterocycles. The largest absolute Gasteiger partial charge is 0.489 e. The Morgan fingerprint density at radius 3 is 2.76 bits per heavy atom. The Hall–Kier alpha value is -1.91. The number of ether oxygens (including phenoxy) is 1. The molecule has 0 saturated carbocycles. The molecular weight excluding hydrogens is 266 g/mol. The fraction of sp³-hybridized carbons (Fsp3) is 0.562. The summed E-state index contributed by atoms with van der Waals surface area (Å²) in [5, 5.41) is 0. The van der Waals surface area contributed by atoms with Gasteiger partial charge in [-0.3, -0.25) is 4.79 Å². The van der Waals surface area contributed by atoms with Gasteiger partial charge in [0, 0.05) is 20.6 Å². The molecule has 1 saturated heterocycles. The van der Waals surface area contributed by atoms with Gasteiger partial charge in [-0.1, -0.05) is 6.07 Å². The second-order valence-electron chi connectivity index (χ2n) is 5.94. The van der Waals surface area contributed by atoms with Crippen molar-refractivity contribution in [2.75, 3.05) is 31.3 Å². The molecule has 116 valence electrons. The van der Waals surface area contributed by atoms with E-state index in [1.54, 1.807) is 19.0 Å². The number of carbonyl (C=O) groups is 1.